The molecule has 0 aliphatic rings. The lowest BCUT2D eigenvalue weighted by atomic mass is 10.1. The van der Waals surface area contributed by atoms with Crippen LogP contribution in [0.4, 0.5) is 26.3 Å². The average Bonchev–Trinajstić information content (AvgIpc) is 2.32. The van der Waals surface area contributed by atoms with E-state index in [0.717, 1.165) is 12.1 Å². The Morgan fingerprint density at radius 2 is 1.45 bits per heavy atom. The Hall–Kier alpha value is -1.60. The predicted molar refractivity (Wildman–Crippen MR) is 58.9 cm³/mol. The molecule has 0 aromatic heterocycles. The van der Waals surface area contributed by atoms with Gasteiger partial charge in [-0.1, -0.05) is 6.92 Å². The molecule has 0 spiro atoms. The second-order valence-corrected chi connectivity index (χ2v) is 3.93. The highest BCUT2D eigenvalue weighted by molar-refractivity contribution is 5.40. The Balaban J connectivity index is 2.75. The lowest BCUT2D eigenvalue weighted by Crippen LogP contribution is -2.20. The maximum absolute atomic E-state index is 12.0. The summed E-state index contributed by atoms with van der Waals surface area (Å²) in [5.74, 6) is -0.0947. The first-order chi connectivity index (χ1) is 9.11. The largest absolute Gasteiger partial charge is 0.484 e. The molecule has 1 aromatic carbocycles. The monoisotopic (exact) mass is 302 g/mol. The topological polar surface area (TPSA) is 18.5 Å². The van der Waals surface area contributed by atoms with E-state index in [2.05, 4.69) is 9.47 Å². The summed E-state index contributed by atoms with van der Waals surface area (Å²) in [4.78, 5) is 0. The van der Waals surface area contributed by atoms with E-state index in [-0.39, 0.29) is 11.5 Å². The number of rotatable bonds is 5. The maximum Gasteiger partial charge on any atom is 0.422 e. The van der Waals surface area contributed by atoms with Crippen molar-refractivity contribution in [1.29, 1.82) is 0 Å². The zero-order valence-corrected chi connectivity index (χ0v) is 10.4. The summed E-state index contributed by atoms with van der Waals surface area (Å²) in [5.41, 5.74) is 0.342. The highest BCUT2D eigenvalue weighted by Gasteiger charge is 2.29. The van der Waals surface area contributed by atoms with Crippen LogP contribution in [0.3, 0.4) is 0 Å². The standard InChI is InChI=1S/C12H12F6O2/c1-2-8-5-9(19-6-11(13,14)15)3-4-10(8)20-7-12(16,17)18/h3-5H,2,6-7H2,1H3. The van der Waals surface area contributed by atoms with Crippen LogP contribution in [-0.4, -0.2) is 25.6 Å². The molecule has 0 amide bonds. The molecule has 0 saturated carbocycles. The van der Waals surface area contributed by atoms with E-state index >= 15 is 0 Å². The summed E-state index contributed by atoms with van der Waals surface area (Å²) in [6.07, 6.45) is -8.65. The molecule has 8 heteroatoms. The zero-order valence-electron chi connectivity index (χ0n) is 10.4. The molecular formula is C12H12F6O2. The predicted octanol–water partition coefficient (Wildman–Crippen LogP) is 4.13. The van der Waals surface area contributed by atoms with Crippen molar-refractivity contribution < 1.29 is 35.8 Å². The van der Waals surface area contributed by atoms with Gasteiger partial charge in [0.15, 0.2) is 13.2 Å². The van der Waals surface area contributed by atoms with E-state index in [0.29, 0.717) is 12.0 Å². The van der Waals surface area contributed by atoms with Crippen molar-refractivity contribution in [3.05, 3.63) is 23.8 Å². The number of ether oxygens (including phenoxy) is 2. The minimum Gasteiger partial charge on any atom is -0.484 e. The molecule has 1 aromatic rings. The van der Waals surface area contributed by atoms with Crippen LogP contribution in [-0.2, 0) is 6.42 Å². The molecule has 0 radical (unpaired) electrons. The molecule has 0 aliphatic carbocycles. The molecule has 1 rings (SSSR count). The molecule has 0 heterocycles. The molecule has 0 atom stereocenters. The first kappa shape index (κ1) is 16.5. The van der Waals surface area contributed by atoms with Crippen LogP contribution < -0.4 is 9.47 Å². The van der Waals surface area contributed by atoms with Gasteiger partial charge >= 0.3 is 12.4 Å². The third-order valence-electron chi connectivity index (χ3n) is 2.21. The Morgan fingerprint density at radius 3 is 1.95 bits per heavy atom. The van der Waals surface area contributed by atoms with Gasteiger partial charge in [0.05, 0.1) is 0 Å². The normalized spacial score (nSPS) is 12.3. The van der Waals surface area contributed by atoms with Crippen molar-refractivity contribution in [2.45, 2.75) is 25.7 Å². The number of hydrogen-bond donors (Lipinski definition) is 0. The van der Waals surface area contributed by atoms with E-state index in [1.54, 1.807) is 6.92 Å². The third kappa shape index (κ3) is 6.03. The highest BCUT2D eigenvalue weighted by atomic mass is 19.4. The van der Waals surface area contributed by atoms with Gasteiger partial charge in [-0.25, -0.2) is 0 Å². The first-order valence-electron chi connectivity index (χ1n) is 5.63. The van der Waals surface area contributed by atoms with Crippen molar-refractivity contribution in [2.24, 2.45) is 0 Å². The Labute approximate surface area is 111 Å². The summed E-state index contributed by atoms with van der Waals surface area (Å²) in [6, 6.07) is 3.53. The summed E-state index contributed by atoms with van der Waals surface area (Å²) >= 11 is 0. The minimum absolute atomic E-state index is 0.0239. The van der Waals surface area contributed by atoms with E-state index in [1.165, 1.54) is 6.07 Å². The van der Waals surface area contributed by atoms with Crippen LogP contribution in [0.1, 0.15) is 12.5 Å². The maximum atomic E-state index is 12.0. The van der Waals surface area contributed by atoms with Crippen molar-refractivity contribution in [1.82, 2.24) is 0 Å². The second-order valence-electron chi connectivity index (χ2n) is 3.93. The van der Waals surface area contributed by atoms with Crippen molar-refractivity contribution in [2.75, 3.05) is 13.2 Å². The number of aryl methyl sites for hydroxylation is 1. The van der Waals surface area contributed by atoms with Crippen molar-refractivity contribution in [3.8, 4) is 11.5 Å². The van der Waals surface area contributed by atoms with Crippen LogP contribution in [0.5, 0.6) is 11.5 Å². The van der Waals surface area contributed by atoms with E-state index < -0.39 is 25.6 Å². The molecule has 0 bridgehead atoms. The molecule has 0 unspecified atom stereocenters. The van der Waals surface area contributed by atoms with Crippen LogP contribution in [0.2, 0.25) is 0 Å². The molecule has 0 saturated heterocycles. The molecule has 0 fully saturated rings. The molecular weight excluding hydrogens is 290 g/mol. The van der Waals surface area contributed by atoms with Gasteiger partial charge in [0.1, 0.15) is 11.5 Å². The first-order valence-corrected chi connectivity index (χ1v) is 5.63. The molecule has 114 valence electrons. The quantitative estimate of drug-likeness (QED) is 0.761. The molecule has 2 nitrogen and oxygen atoms in total. The smallest absolute Gasteiger partial charge is 0.422 e. The van der Waals surface area contributed by atoms with Crippen LogP contribution in [0.15, 0.2) is 18.2 Å². The van der Waals surface area contributed by atoms with Crippen molar-refractivity contribution in [3.63, 3.8) is 0 Å². The summed E-state index contributed by atoms with van der Waals surface area (Å²) in [6.45, 7) is -1.27. The third-order valence-corrected chi connectivity index (χ3v) is 2.21. The second kappa shape index (κ2) is 6.23. The van der Waals surface area contributed by atoms with Crippen LogP contribution >= 0.6 is 0 Å². The van der Waals surface area contributed by atoms with Gasteiger partial charge in [0.2, 0.25) is 0 Å². The Bertz CT molecular complexity index is 439. The van der Waals surface area contributed by atoms with Gasteiger partial charge in [-0.3, -0.25) is 0 Å². The van der Waals surface area contributed by atoms with Crippen LogP contribution in [0, 0.1) is 0 Å². The number of benzene rings is 1. The summed E-state index contributed by atoms with van der Waals surface area (Å²) < 4.78 is 81.1. The number of halogens is 6. The van der Waals surface area contributed by atoms with E-state index in [4.69, 9.17) is 0 Å². The van der Waals surface area contributed by atoms with Crippen molar-refractivity contribution >= 4 is 0 Å². The van der Waals surface area contributed by atoms with Gasteiger partial charge < -0.3 is 9.47 Å². The van der Waals surface area contributed by atoms with Gasteiger partial charge in [0.25, 0.3) is 0 Å². The number of alkyl halides is 6. The molecule has 20 heavy (non-hydrogen) atoms. The Morgan fingerprint density at radius 1 is 0.900 bits per heavy atom. The highest BCUT2D eigenvalue weighted by Crippen LogP contribution is 2.27. The molecule has 0 N–H and O–H groups in total. The summed E-state index contributed by atoms with van der Waals surface area (Å²) in [5, 5.41) is 0. The van der Waals surface area contributed by atoms with Gasteiger partial charge in [-0.2, -0.15) is 26.3 Å². The van der Waals surface area contributed by atoms with E-state index in [9.17, 15) is 26.3 Å². The minimum atomic E-state index is -4.48. The fraction of sp³-hybridized carbons (Fsp3) is 0.500. The van der Waals surface area contributed by atoms with Gasteiger partial charge in [-0.15, -0.1) is 0 Å². The fourth-order valence-corrected chi connectivity index (χ4v) is 1.39. The lowest BCUT2D eigenvalue weighted by Gasteiger charge is -2.14. The van der Waals surface area contributed by atoms with Gasteiger partial charge in [0, 0.05) is 0 Å². The SMILES string of the molecule is CCc1cc(OCC(F)(F)F)ccc1OCC(F)(F)F. The summed E-state index contributed by atoms with van der Waals surface area (Å²) in [7, 11) is 0. The molecule has 0 aliphatic heterocycles. The Kier molecular flexibility index (Phi) is 5.13. The zero-order chi connectivity index (χ0) is 15.4. The van der Waals surface area contributed by atoms with Gasteiger partial charge in [-0.05, 0) is 30.2 Å². The fourth-order valence-electron chi connectivity index (χ4n) is 1.39. The average molecular weight is 302 g/mol. The van der Waals surface area contributed by atoms with Crippen LogP contribution in [0.25, 0.3) is 0 Å². The lowest BCUT2D eigenvalue weighted by molar-refractivity contribution is -0.154. The van der Waals surface area contributed by atoms with E-state index in [1.807, 2.05) is 0 Å². The number of hydrogen-bond acceptors (Lipinski definition) is 2.